The number of alkyl halides is 1. The van der Waals surface area contributed by atoms with Crippen molar-refractivity contribution in [3.63, 3.8) is 0 Å². The van der Waals surface area contributed by atoms with E-state index in [1.165, 1.54) is 0 Å². The molecule has 1 heterocycles. The minimum atomic E-state index is -0.814. The SMILES string of the molecule is O=C1CC(CCc2ccc(O)cc2)(C2CCCC2)OC(=O)C1Br. The lowest BCUT2D eigenvalue weighted by molar-refractivity contribution is -0.177. The topological polar surface area (TPSA) is 63.6 Å². The molecule has 3 rings (SSSR count). The number of phenols is 1. The Morgan fingerprint density at radius 1 is 1.17 bits per heavy atom. The summed E-state index contributed by atoms with van der Waals surface area (Å²) >= 11 is 3.13. The van der Waals surface area contributed by atoms with Gasteiger partial charge in [0.2, 0.25) is 0 Å². The van der Waals surface area contributed by atoms with Gasteiger partial charge in [-0.3, -0.25) is 9.59 Å². The van der Waals surface area contributed by atoms with Crippen LogP contribution in [0.25, 0.3) is 0 Å². The number of phenolic OH excluding ortho intramolecular Hbond substituents is 1. The van der Waals surface area contributed by atoms with Crippen LogP contribution in [0.5, 0.6) is 5.75 Å². The van der Waals surface area contributed by atoms with Crippen LogP contribution in [0.3, 0.4) is 0 Å². The monoisotopic (exact) mass is 380 g/mol. The molecular formula is C18H21BrO4. The smallest absolute Gasteiger partial charge is 0.327 e. The van der Waals surface area contributed by atoms with Crippen LogP contribution < -0.4 is 0 Å². The molecule has 2 atom stereocenters. The maximum Gasteiger partial charge on any atom is 0.327 e. The van der Waals surface area contributed by atoms with Crippen molar-refractivity contribution in [2.24, 2.45) is 5.92 Å². The quantitative estimate of drug-likeness (QED) is 0.492. The highest BCUT2D eigenvalue weighted by atomic mass is 79.9. The molecule has 0 spiro atoms. The number of halogens is 1. The molecule has 2 unspecified atom stereocenters. The molecular weight excluding hydrogens is 360 g/mol. The van der Waals surface area contributed by atoms with Crippen LogP contribution in [0, 0.1) is 5.92 Å². The number of ketones is 1. The van der Waals surface area contributed by atoms with Crippen LogP contribution >= 0.6 is 15.9 Å². The molecule has 0 bridgehead atoms. The molecule has 2 aliphatic rings. The minimum Gasteiger partial charge on any atom is -0.508 e. The summed E-state index contributed by atoms with van der Waals surface area (Å²) in [5.41, 5.74) is 0.414. The van der Waals surface area contributed by atoms with Crippen molar-refractivity contribution >= 4 is 27.7 Å². The summed E-state index contributed by atoms with van der Waals surface area (Å²) in [6.07, 6.45) is 5.98. The van der Waals surface area contributed by atoms with Gasteiger partial charge in [-0.05, 0) is 49.3 Å². The number of aryl methyl sites for hydroxylation is 1. The minimum absolute atomic E-state index is 0.0705. The molecule has 0 amide bonds. The Bertz CT molecular complexity index is 572. The van der Waals surface area contributed by atoms with E-state index in [1.807, 2.05) is 12.1 Å². The molecule has 2 fully saturated rings. The first-order chi connectivity index (χ1) is 11.0. The van der Waals surface area contributed by atoms with Crippen molar-refractivity contribution < 1.29 is 19.4 Å². The maximum atomic E-state index is 12.3. The summed E-state index contributed by atoms with van der Waals surface area (Å²) in [5.74, 6) is -0.00844. The van der Waals surface area contributed by atoms with E-state index >= 15 is 0 Å². The van der Waals surface area contributed by atoms with Crippen molar-refractivity contribution in [1.82, 2.24) is 0 Å². The zero-order valence-electron chi connectivity index (χ0n) is 13.0. The average molecular weight is 381 g/mol. The fourth-order valence-electron chi connectivity index (χ4n) is 3.85. The highest BCUT2D eigenvalue weighted by Crippen LogP contribution is 2.44. The normalized spacial score (nSPS) is 28.8. The standard InChI is InChI=1S/C18H21BrO4/c19-16-15(21)11-18(23-17(16)22,13-3-1-2-4-13)10-9-12-5-7-14(20)8-6-12/h5-8,13,16,20H,1-4,9-11H2. The number of benzene rings is 1. The third-order valence-corrected chi connectivity index (χ3v) is 6.02. The number of esters is 1. The molecule has 5 heteroatoms. The predicted molar refractivity (Wildman–Crippen MR) is 89.5 cm³/mol. The van der Waals surface area contributed by atoms with E-state index in [0.29, 0.717) is 12.8 Å². The van der Waals surface area contributed by atoms with Gasteiger partial charge < -0.3 is 9.84 Å². The molecule has 1 N–H and O–H groups in total. The summed E-state index contributed by atoms with van der Waals surface area (Å²) in [4.78, 5) is 23.5. The molecule has 23 heavy (non-hydrogen) atoms. The number of carbonyl (C=O) groups excluding carboxylic acids is 2. The number of aromatic hydroxyl groups is 1. The number of cyclic esters (lactones) is 1. The first-order valence-corrected chi connectivity index (χ1v) is 9.09. The van der Waals surface area contributed by atoms with Gasteiger partial charge in [0, 0.05) is 6.42 Å². The second kappa shape index (κ2) is 6.63. The van der Waals surface area contributed by atoms with E-state index in [-0.39, 0.29) is 17.5 Å². The van der Waals surface area contributed by atoms with Gasteiger partial charge in [0.15, 0.2) is 10.6 Å². The lowest BCUT2D eigenvalue weighted by Crippen LogP contribution is -2.52. The van der Waals surface area contributed by atoms with Gasteiger partial charge in [0.05, 0.1) is 0 Å². The van der Waals surface area contributed by atoms with Crippen LogP contribution in [0.4, 0.5) is 0 Å². The molecule has 124 valence electrons. The summed E-state index contributed by atoms with van der Waals surface area (Å²) in [7, 11) is 0. The van der Waals surface area contributed by atoms with Gasteiger partial charge in [-0.2, -0.15) is 0 Å². The number of hydrogen-bond donors (Lipinski definition) is 1. The van der Waals surface area contributed by atoms with Gasteiger partial charge in [0.1, 0.15) is 11.4 Å². The van der Waals surface area contributed by atoms with Crippen LogP contribution in [-0.4, -0.2) is 27.3 Å². The Balaban J connectivity index is 1.79. The van der Waals surface area contributed by atoms with E-state index in [1.54, 1.807) is 12.1 Å². The van der Waals surface area contributed by atoms with Crippen molar-refractivity contribution in [2.45, 2.75) is 55.4 Å². The summed E-state index contributed by atoms with van der Waals surface area (Å²) < 4.78 is 5.83. The summed E-state index contributed by atoms with van der Waals surface area (Å²) in [5, 5.41) is 9.38. The molecule has 1 aromatic rings. The number of carbonyl (C=O) groups is 2. The second-order valence-corrected chi connectivity index (χ2v) is 7.56. The maximum absolute atomic E-state index is 12.3. The largest absolute Gasteiger partial charge is 0.508 e. The fourth-order valence-corrected chi connectivity index (χ4v) is 4.10. The molecule has 4 nitrogen and oxygen atoms in total. The zero-order valence-corrected chi connectivity index (χ0v) is 14.5. The van der Waals surface area contributed by atoms with Gasteiger partial charge in [-0.25, -0.2) is 0 Å². The number of ether oxygens (including phenoxy) is 1. The molecule has 0 aromatic heterocycles. The Morgan fingerprint density at radius 2 is 1.83 bits per heavy atom. The van der Waals surface area contributed by atoms with Crippen LogP contribution in [0.1, 0.15) is 44.1 Å². The van der Waals surface area contributed by atoms with Crippen molar-refractivity contribution in [3.8, 4) is 5.75 Å². The third kappa shape index (κ3) is 3.44. The van der Waals surface area contributed by atoms with E-state index in [4.69, 9.17) is 4.74 Å². The van der Waals surface area contributed by atoms with Crippen LogP contribution in [0.15, 0.2) is 24.3 Å². The highest BCUT2D eigenvalue weighted by molar-refractivity contribution is 9.10. The molecule has 1 aromatic carbocycles. The van der Waals surface area contributed by atoms with Gasteiger partial charge in [0.25, 0.3) is 0 Å². The zero-order chi connectivity index (χ0) is 16.4. The van der Waals surface area contributed by atoms with Crippen LogP contribution in [-0.2, 0) is 20.7 Å². The van der Waals surface area contributed by atoms with Gasteiger partial charge in [-0.1, -0.05) is 40.9 Å². The predicted octanol–water partition coefficient (Wildman–Crippen LogP) is 3.53. The Morgan fingerprint density at radius 3 is 2.43 bits per heavy atom. The number of rotatable bonds is 4. The van der Waals surface area contributed by atoms with Crippen molar-refractivity contribution in [1.29, 1.82) is 0 Å². The first-order valence-electron chi connectivity index (χ1n) is 8.18. The summed E-state index contributed by atoms with van der Waals surface area (Å²) in [6.45, 7) is 0. The molecule has 1 saturated carbocycles. The van der Waals surface area contributed by atoms with E-state index in [0.717, 1.165) is 37.7 Å². The number of Topliss-reactive ketones (excluding diaryl/α,β-unsaturated/α-hetero) is 1. The van der Waals surface area contributed by atoms with E-state index < -0.39 is 16.4 Å². The lowest BCUT2D eigenvalue weighted by atomic mass is 9.76. The summed E-state index contributed by atoms with van der Waals surface area (Å²) in [6, 6.07) is 7.06. The van der Waals surface area contributed by atoms with Gasteiger partial charge in [-0.15, -0.1) is 0 Å². The van der Waals surface area contributed by atoms with Crippen LogP contribution in [0.2, 0.25) is 0 Å². The molecule has 0 radical (unpaired) electrons. The average Bonchev–Trinajstić information content (AvgIpc) is 3.07. The molecule has 1 saturated heterocycles. The molecule has 1 aliphatic heterocycles. The molecule has 1 aliphatic carbocycles. The highest BCUT2D eigenvalue weighted by Gasteiger charge is 2.50. The van der Waals surface area contributed by atoms with E-state index in [9.17, 15) is 14.7 Å². The lowest BCUT2D eigenvalue weighted by Gasteiger charge is -2.42. The number of hydrogen-bond acceptors (Lipinski definition) is 4. The van der Waals surface area contributed by atoms with Crippen molar-refractivity contribution in [3.05, 3.63) is 29.8 Å². The second-order valence-electron chi connectivity index (χ2n) is 6.64. The Hall–Kier alpha value is -1.36. The fraction of sp³-hybridized carbons (Fsp3) is 0.556. The first kappa shape index (κ1) is 16.5. The third-order valence-electron chi connectivity index (χ3n) is 5.14. The Labute approximate surface area is 144 Å². The van der Waals surface area contributed by atoms with E-state index in [2.05, 4.69) is 15.9 Å². The Kier molecular flexibility index (Phi) is 4.76. The van der Waals surface area contributed by atoms with Crippen molar-refractivity contribution in [2.75, 3.05) is 0 Å². The van der Waals surface area contributed by atoms with Gasteiger partial charge >= 0.3 is 5.97 Å².